The molecular weight excluding hydrogens is 319 g/mol. The predicted molar refractivity (Wildman–Crippen MR) is 93.1 cm³/mol. The summed E-state index contributed by atoms with van der Waals surface area (Å²) in [4.78, 5) is 26.4. The number of rotatable bonds is 3. The normalized spacial score (nSPS) is 23.3. The maximum atomic E-state index is 13.2. The van der Waals surface area contributed by atoms with Gasteiger partial charge in [0.15, 0.2) is 0 Å². The van der Waals surface area contributed by atoms with Crippen molar-refractivity contribution in [2.75, 3.05) is 6.54 Å². The lowest BCUT2D eigenvalue weighted by molar-refractivity contribution is -0.149. The highest BCUT2D eigenvalue weighted by molar-refractivity contribution is 5.91. The highest BCUT2D eigenvalue weighted by Gasteiger charge is 2.49. The largest absolute Gasteiger partial charge is 0.367 e. The number of amides is 2. The zero-order valence-corrected chi connectivity index (χ0v) is 14.1. The Morgan fingerprint density at radius 3 is 2.32 bits per heavy atom. The number of hydrogen-bond acceptors (Lipinski definition) is 2. The van der Waals surface area contributed by atoms with Gasteiger partial charge in [0, 0.05) is 13.5 Å². The number of benzene rings is 2. The fourth-order valence-corrected chi connectivity index (χ4v) is 3.85. The molecule has 1 aliphatic rings. The lowest BCUT2D eigenvalue weighted by Gasteiger charge is -2.47. The van der Waals surface area contributed by atoms with Crippen molar-refractivity contribution in [2.45, 2.75) is 31.2 Å². The van der Waals surface area contributed by atoms with E-state index in [1.807, 2.05) is 30.3 Å². The van der Waals surface area contributed by atoms with Crippen LogP contribution in [0.25, 0.3) is 0 Å². The van der Waals surface area contributed by atoms with Crippen molar-refractivity contribution in [1.29, 1.82) is 0 Å². The highest BCUT2D eigenvalue weighted by atomic mass is 19.1. The Balaban J connectivity index is 2.08. The van der Waals surface area contributed by atoms with E-state index >= 15 is 0 Å². The first-order chi connectivity index (χ1) is 11.9. The molecule has 0 radical (unpaired) electrons. The molecule has 1 fully saturated rings. The molecule has 1 saturated heterocycles. The molecule has 2 N–H and O–H groups in total. The monoisotopic (exact) mass is 340 g/mol. The number of likely N-dealkylation sites (tertiary alicyclic amines) is 1. The van der Waals surface area contributed by atoms with Crippen molar-refractivity contribution < 1.29 is 14.0 Å². The SMILES string of the molecule is CC(=O)N1CCC(c2ccc(F)cc2)CC1(C(N)=O)c1ccccc1. The van der Waals surface area contributed by atoms with Crippen LogP contribution in [0.2, 0.25) is 0 Å². The molecule has 2 aromatic rings. The Hall–Kier alpha value is -2.69. The lowest BCUT2D eigenvalue weighted by atomic mass is 9.73. The first kappa shape index (κ1) is 17.1. The molecule has 5 heteroatoms. The van der Waals surface area contributed by atoms with Crippen molar-refractivity contribution in [3.8, 4) is 0 Å². The van der Waals surface area contributed by atoms with E-state index in [0.717, 1.165) is 5.56 Å². The fourth-order valence-electron chi connectivity index (χ4n) is 3.85. The summed E-state index contributed by atoms with van der Waals surface area (Å²) in [5.74, 6) is -1.00. The van der Waals surface area contributed by atoms with E-state index in [2.05, 4.69) is 0 Å². The summed E-state index contributed by atoms with van der Waals surface area (Å²) in [6.45, 7) is 1.88. The van der Waals surface area contributed by atoms with Gasteiger partial charge in [-0.05, 0) is 42.0 Å². The van der Waals surface area contributed by atoms with Crippen molar-refractivity contribution in [2.24, 2.45) is 5.73 Å². The van der Waals surface area contributed by atoms with Crippen LogP contribution in [0.4, 0.5) is 4.39 Å². The number of piperidine rings is 1. The second-order valence-electron chi connectivity index (χ2n) is 6.50. The van der Waals surface area contributed by atoms with E-state index in [9.17, 15) is 14.0 Å². The van der Waals surface area contributed by atoms with Crippen LogP contribution >= 0.6 is 0 Å². The van der Waals surface area contributed by atoms with Gasteiger partial charge < -0.3 is 10.6 Å². The number of nitrogens with two attached hydrogens (primary N) is 1. The van der Waals surface area contributed by atoms with Gasteiger partial charge in [-0.3, -0.25) is 9.59 Å². The highest BCUT2D eigenvalue weighted by Crippen LogP contribution is 2.44. The average molecular weight is 340 g/mol. The molecule has 0 aromatic heterocycles. The zero-order valence-electron chi connectivity index (χ0n) is 14.1. The van der Waals surface area contributed by atoms with Gasteiger partial charge in [0.05, 0.1) is 0 Å². The molecule has 1 aliphatic heterocycles. The van der Waals surface area contributed by atoms with Crippen LogP contribution in [0, 0.1) is 5.82 Å². The van der Waals surface area contributed by atoms with E-state index in [1.54, 1.807) is 17.0 Å². The third kappa shape index (κ3) is 3.02. The topological polar surface area (TPSA) is 63.4 Å². The molecule has 3 rings (SSSR count). The van der Waals surface area contributed by atoms with Crippen LogP contribution in [-0.2, 0) is 15.1 Å². The van der Waals surface area contributed by atoms with Crippen molar-refractivity contribution in [3.05, 3.63) is 71.5 Å². The summed E-state index contributed by atoms with van der Waals surface area (Å²) in [6.07, 6.45) is 1.09. The minimum atomic E-state index is -1.19. The maximum absolute atomic E-state index is 13.2. The molecule has 2 unspecified atom stereocenters. The number of nitrogens with zero attached hydrogens (tertiary/aromatic N) is 1. The second-order valence-corrected chi connectivity index (χ2v) is 6.50. The van der Waals surface area contributed by atoms with Crippen LogP contribution in [0.1, 0.15) is 36.8 Å². The molecular formula is C20H21FN2O2. The van der Waals surface area contributed by atoms with Crippen LogP contribution < -0.4 is 5.73 Å². The molecule has 0 saturated carbocycles. The van der Waals surface area contributed by atoms with Gasteiger partial charge in [0.25, 0.3) is 0 Å². The summed E-state index contributed by atoms with van der Waals surface area (Å²) in [6, 6.07) is 15.5. The zero-order chi connectivity index (χ0) is 18.0. The summed E-state index contributed by atoms with van der Waals surface area (Å²) in [7, 11) is 0. The summed E-state index contributed by atoms with van der Waals surface area (Å²) in [5.41, 5.74) is 6.31. The molecule has 2 atom stereocenters. The standard InChI is InChI=1S/C20H21FN2O2/c1-14(24)23-12-11-16(15-7-9-18(21)10-8-15)13-20(23,19(22)25)17-5-3-2-4-6-17/h2-10,16H,11-13H2,1H3,(H2,22,25). The molecule has 0 aliphatic carbocycles. The molecule has 4 nitrogen and oxygen atoms in total. The smallest absolute Gasteiger partial charge is 0.248 e. The third-order valence-corrected chi connectivity index (χ3v) is 5.08. The number of halogens is 1. The van der Waals surface area contributed by atoms with Crippen molar-refractivity contribution >= 4 is 11.8 Å². The van der Waals surface area contributed by atoms with Gasteiger partial charge >= 0.3 is 0 Å². The third-order valence-electron chi connectivity index (χ3n) is 5.08. The Kier molecular flexibility index (Phi) is 4.57. The number of primary amides is 1. The molecule has 0 spiro atoms. The molecule has 0 bridgehead atoms. The Morgan fingerprint density at radius 1 is 1.12 bits per heavy atom. The van der Waals surface area contributed by atoms with E-state index in [-0.39, 0.29) is 17.6 Å². The van der Waals surface area contributed by atoms with Gasteiger partial charge in [-0.2, -0.15) is 0 Å². The van der Waals surface area contributed by atoms with E-state index < -0.39 is 11.4 Å². The van der Waals surface area contributed by atoms with Gasteiger partial charge in [0.1, 0.15) is 11.4 Å². The Labute approximate surface area is 146 Å². The first-order valence-corrected chi connectivity index (χ1v) is 8.34. The predicted octanol–water partition coefficient (Wildman–Crippen LogP) is 2.93. The Bertz CT molecular complexity index is 776. The first-order valence-electron chi connectivity index (χ1n) is 8.34. The van der Waals surface area contributed by atoms with E-state index in [1.165, 1.54) is 19.1 Å². The quantitative estimate of drug-likeness (QED) is 0.934. The van der Waals surface area contributed by atoms with E-state index in [0.29, 0.717) is 24.9 Å². The molecule has 2 amide bonds. The van der Waals surface area contributed by atoms with Crippen LogP contribution in [0.15, 0.2) is 54.6 Å². The van der Waals surface area contributed by atoms with Crippen LogP contribution in [-0.4, -0.2) is 23.3 Å². The summed E-state index contributed by atoms with van der Waals surface area (Å²) < 4.78 is 13.2. The van der Waals surface area contributed by atoms with Crippen molar-refractivity contribution in [1.82, 2.24) is 4.90 Å². The number of carbonyl (C=O) groups is 2. The number of hydrogen-bond donors (Lipinski definition) is 1. The van der Waals surface area contributed by atoms with Gasteiger partial charge in [-0.15, -0.1) is 0 Å². The average Bonchev–Trinajstić information content (AvgIpc) is 2.62. The fraction of sp³-hybridized carbons (Fsp3) is 0.300. The Morgan fingerprint density at radius 2 is 1.76 bits per heavy atom. The molecule has 2 aromatic carbocycles. The molecule has 1 heterocycles. The van der Waals surface area contributed by atoms with Crippen LogP contribution in [0.5, 0.6) is 0 Å². The second kappa shape index (κ2) is 6.67. The van der Waals surface area contributed by atoms with E-state index in [4.69, 9.17) is 5.73 Å². The number of carbonyl (C=O) groups excluding carboxylic acids is 2. The summed E-state index contributed by atoms with van der Waals surface area (Å²) in [5, 5.41) is 0. The van der Waals surface area contributed by atoms with Crippen molar-refractivity contribution in [3.63, 3.8) is 0 Å². The minimum Gasteiger partial charge on any atom is -0.367 e. The van der Waals surface area contributed by atoms with Gasteiger partial charge in [-0.25, -0.2) is 4.39 Å². The minimum absolute atomic E-state index is 0.0175. The van der Waals surface area contributed by atoms with Gasteiger partial charge in [-0.1, -0.05) is 42.5 Å². The van der Waals surface area contributed by atoms with Crippen LogP contribution in [0.3, 0.4) is 0 Å². The molecule has 130 valence electrons. The maximum Gasteiger partial charge on any atom is 0.248 e. The van der Waals surface area contributed by atoms with Gasteiger partial charge in [0.2, 0.25) is 11.8 Å². The molecule has 25 heavy (non-hydrogen) atoms. The summed E-state index contributed by atoms with van der Waals surface area (Å²) >= 11 is 0. The lowest BCUT2D eigenvalue weighted by Crippen LogP contribution is -2.60.